The van der Waals surface area contributed by atoms with E-state index in [2.05, 4.69) is 20.7 Å². The first-order valence-electron chi connectivity index (χ1n) is 6.02. The molecule has 0 amide bonds. The number of nitrogens with two attached hydrogens (primary N) is 1. The Balaban J connectivity index is 2.17. The molecule has 3 N–H and O–H groups in total. The fourth-order valence-electron chi connectivity index (χ4n) is 1.82. The van der Waals surface area contributed by atoms with Crippen molar-refractivity contribution in [3.63, 3.8) is 0 Å². The number of hydrogen-bond donors (Lipinski definition) is 2. The number of benzene rings is 1. The molecule has 0 saturated heterocycles. The van der Waals surface area contributed by atoms with Crippen molar-refractivity contribution in [2.75, 3.05) is 0 Å². The van der Waals surface area contributed by atoms with Gasteiger partial charge in [-0.15, -0.1) is 0 Å². The van der Waals surface area contributed by atoms with E-state index in [0.717, 1.165) is 15.7 Å². The van der Waals surface area contributed by atoms with Gasteiger partial charge in [-0.25, -0.2) is 13.1 Å². The lowest BCUT2D eigenvalue weighted by molar-refractivity contribution is 0.581. The van der Waals surface area contributed by atoms with E-state index in [1.54, 1.807) is 23.9 Å². The molecule has 0 aliphatic carbocycles. The average Bonchev–Trinajstić information content (AvgIpc) is 2.80. The van der Waals surface area contributed by atoms with Crippen LogP contribution < -0.4 is 10.5 Å². The van der Waals surface area contributed by atoms with Crippen LogP contribution in [0.4, 0.5) is 0 Å². The van der Waals surface area contributed by atoms with Crippen molar-refractivity contribution < 1.29 is 8.42 Å². The van der Waals surface area contributed by atoms with Crippen LogP contribution in [0.3, 0.4) is 0 Å². The molecule has 20 heavy (non-hydrogen) atoms. The van der Waals surface area contributed by atoms with Crippen LogP contribution in [0.5, 0.6) is 0 Å². The lowest BCUT2D eigenvalue weighted by Gasteiger charge is -2.06. The molecule has 2 rings (SSSR count). The van der Waals surface area contributed by atoms with Gasteiger partial charge in [0.1, 0.15) is 0 Å². The average molecular weight is 358 g/mol. The molecule has 108 valence electrons. The van der Waals surface area contributed by atoms with Gasteiger partial charge in [-0.2, -0.15) is 0 Å². The number of nitrogens with one attached hydrogen (secondary N) is 1. The van der Waals surface area contributed by atoms with Gasteiger partial charge in [-0.1, -0.05) is 34.1 Å². The standard InChI is InChI=1S/C13H16BrN3O2S/c1-17-9-12(6-11(17)7-15)20(18,19)16-8-10-4-2-3-5-13(10)14/h2-6,9,16H,7-8,15H2,1H3. The summed E-state index contributed by atoms with van der Waals surface area (Å²) in [5.41, 5.74) is 7.20. The first kappa shape index (κ1) is 15.2. The molecular formula is C13H16BrN3O2S. The molecule has 0 aliphatic rings. The zero-order valence-corrected chi connectivity index (χ0v) is 13.4. The Labute approximate surface area is 127 Å². The minimum Gasteiger partial charge on any atom is -0.352 e. The molecule has 0 spiro atoms. The quantitative estimate of drug-likeness (QED) is 0.855. The summed E-state index contributed by atoms with van der Waals surface area (Å²) in [5, 5.41) is 0. The number of halogens is 1. The minimum atomic E-state index is -3.53. The summed E-state index contributed by atoms with van der Waals surface area (Å²) >= 11 is 3.39. The molecular weight excluding hydrogens is 342 g/mol. The lowest BCUT2D eigenvalue weighted by atomic mass is 10.2. The van der Waals surface area contributed by atoms with E-state index in [9.17, 15) is 8.42 Å². The number of aromatic nitrogens is 1. The highest BCUT2D eigenvalue weighted by Crippen LogP contribution is 2.17. The second kappa shape index (κ2) is 6.09. The smallest absolute Gasteiger partial charge is 0.242 e. The van der Waals surface area contributed by atoms with Crippen LogP contribution in [0.25, 0.3) is 0 Å². The molecule has 0 saturated carbocycles. The molecule has 0 aliphatic heterocycles. The third kappa shape index (κ3) is 3.29. The molecule has 2 aromatic rings. The molecule has 0 fully saturated rings. The molecule has 1 heterocycles. The summed E-state index contributed by atoms with van der Waals surface area (Å²) in [5.74, 6) is 0. The Bertz CT molecular complexity index is 710. The highest BCUT2D eigenvalue weighted by atomic mass is 79.9. The van der Waals surface area contributed by atoms with Crippen molar-refractivity contribution in [1.82, 2.24) is 9.29 Å². The maximum Gasteiger partial charge on any atom is 0.242 e. The topological polar surface area (TPSA) is 77.1 Å². The van der Waals surface area contributed by atoms with Gasteiger partial charge < -0.3 is 10.3 Å². The summed E-state index contributed by atoms with van der Waals surface area (Å²) in [6, 6.07) is 9.07. The molecule has 1 aromatic carbocycles. The van der Waals surface area contributed by atoms with E-state index in [1.165, 1.54) is 0 Å². The molecule has 0 unspecified atom stereocenters. The highest BCUT2D eigenvalue weighted by molar-refractivity contribution is 9.10. The van der Waals surface area contributed by atoms with E-state index in [4.69, 9.17) is 5.73 Å². The number of rotatable bonds is 5. The summed E-state index contributed by atoms with van der Waals surface area (Å²) in [6.45, 7) is 0.535. The Morgan fingerprint density at radius 2 is 2.05 bits per heavy atom. The van der Waals surface area contributed by atoms with Crippen molar-refractivity contribution in [2.45, 2.75) is 18.0 Å². The van der Waals surface area contributed by atoms with Crippen LogP contribution in [-0.2, 0) is 30.2 Å². The highest BCUT2D eigenvalue weighted by Gasteiger charge is 2.17. The molecule has 0 bridgehead atoms. The number of hydrogen-bond acceptors (Lipinski definition) is 3. The molecule has 0 radical (unpaired) electrons. The number of nitrogens with zero attached hydrogens (tertiary/aromatic N) is 1. The van der Waals surface area contributed by atoms with Crippen molar-refractivity contribution in [1.29, 1.82) is 0 Å². The predicted octanol–water partition coefficient (Wildman–Crippen LogP) is 1.72. The Morgan fingerprint density at radius 3 is 2.65 bits per heavy atom. The van der Waals surface area contributed by atoms with E-state index in [0.29, 0.717) is 6.54 Å². The van der Waals surface area contributed by atoms with E-state index in [1.807, 2.05) is 24.3 Å². The van der Waals surface area contributed by atoms with Gasteiger partial charge in [0.2, 0.25) is 10.0 Å². The van der Waals surface area contributed by atoms with Crippen molar-refractivity contribution in [3.05, 3.63) is 52.3 Å². The third-order valence-electron chi connectivity index (χ3n) is 3.01. The largest absolute Gasteiger partial charge is 0.352 e. The van der Waals surface area contributed by atoms with Gasteiger partial charge in [-0.3, -0.25) is 0 Å². The first-order chi connectivity index (χ1) is 9.44. The van der Waals surface area contributed by atoms with E-state index < -0.39 is 10.0 Å². The number of aryl methyl sites for hydroxylation is 1. The summed E-state index contributed by atoms with van der Waals surface area (Å²) < 4.78 is 29.6. The zero-order valence-electron chi connectivity index (χ0n) is 11.0. The van der Waals surface area contributed by atoms with Crippen molar-refractivity contribution in [2.24, 2.45) is 12.8 Å². The van der Waals surface area contributed by atoms with Crippen LogP contribution in [0.2, 0.25) is 0 Å². The van der Waals surface area contributed by atoms with Crippen LogP contribution in [0, 0.1) is 0 Å². The SMILES string of the molecule is Cn1cc(S(=O)(=O)NCc2ccccc2Br)cc1CN. The number of sulfonamides is 1. The molecule has 5 nitrogen and oxygen atoms in total. The minimum absolute atomic E-state index is 0.229. The van der Waals surface area contributed by atoms with Crippen LogP contribution in [0.15, 0.2) is 45.9 Å². The maximum atomic E-state index is 12.2. The Hall–Kier alpha value is -1.15. The van der Waals surface area contributed by atoms with Gasteiger partial charge in [0.05, 0.1) is 4.90 Å². The van der Waals surface area contributed by atoms with Gasteiger partial charge in [-0.05, 0) is 17.7 Å². The fourth-order valence-corrected chi connectivity index (χ4v) is 3.35. The van der Waals surface area contributed by atoms with Crippen LogP contribution in [-0.4, -0.2) is 13.0 Å². The van der Waals surface area contributed by atoms with Gasteiger partial charge >= 0.3 is 0 Å². The van der Waals surface area contributed by atoms with Gasteiger partial charge in [0.25, 0.3) is 0 Å². The molecule has 1 aromatic heterocycles. The predicted molar refractivity (Wildman–Crippen MR) is 81.5 cm³/mol. The summed E-state index contributed by atoms with van der Waals surface area (Å²) in [7, 11) is -1.76. The van der Waals surface area contributed by atoms with E-state index >= 15 is 0 Å². The molecule has 0 atom stereocenters. The van der Waals surface area contributed by atoms with Crippen LogP contribution >= 0.6 is 15.9 Å². The molecule has 7 heteroatoms. The van der Waals surface area contributed by atoms with Gasteiger partial charge in [0.15, 0.2) is 0 Å². The Kier molecular flexibility index (Phi) is 4.64. The summed E-state index contributed by atoms with van der Waals surface area (Å²) in [4.78, 5) is 0.229. The van der Waals surface area contributed by atoms with E-state index in [-0.39, 0.29) is 11.4 Å². The van der Waals surface area contributed by atoms with Crippen molar-refractivity contribution in [3.8, 4) is 0 Å². The van der Waals surface area contributed by atoms with Crippen molar-refractivity contribution >= 4 is 26.0 Å². The Morgan fingerprint density at radius 1 is 1.35 bits per heavy atom. The monoisotopic (exact) mass is 357 g/mol. The maximum absolute atomic E-state index is 12.2. The third-order valence-corrected chi connectivity index (χ3v) is 5.15. The first-order valence-corrected chi connectivity index (χ1v) is 8.30. The second-order valence-electron chi connectivity index (χ2n) is 4.40. The zero-order chi connectivity index (χ0) is 14.8. The van der Waals surface area contributed by atoms with Crippen LogP contribution in [0.1, 0.15) is 11.3 Å². The fraction of sp³-hybridized carbons (Fsp3) is 0.231. The second-order valence-corrected chi connectivity index (χ2v) is 7.02. The summed E-state index contributed by atoms with van der Waals surface area (Å²) in [6.07, 6.45) is 1.56. The van der Waals surface area contributed by atoms with Gasteiger partial charge in [0, 0.05) is 36.5 Å². The lowest BCUT2D eigenvalue weighted by Crippen LogP contribution is -2.23. The normalized spacial score (nSPS) is 11.8.